The van der Waals surface area contributed by atoms with Gasteiger partial charge in [-0.1, -0.05) is 0 Å². The van der Waals surface area contributed by atoms with E-state index in [2.05, 4.69) is 16.0 Å². The third-order valence-corrected chi connectivity index (χ3v) is 5.28. The second-order valence-corrected chi connectivity index (χ2v) is 8.17. The van der Waals surface area contributed by atoms with Crippen molar-refractivity contribution in [1.82, 2.24) is 15.5 Å². The highest BCUT2D eigenvalue weighted by molar-refractivity contribution is 5.96. The molecule has 0 spiro atoms. The first-order valence-electron chi connectivity index (χ1n) is 11.4. The summed E-state index contributed by atoms with van der Waals surface area (Å²) >= 11 is 0. The fourth-order valence-electron chi connectivity index (χ4n) is 3.11. The minimum absolute atomic E-state index is 0.0172. The monoisotopic (exact) mass is 526 g/mol. The fourth-order valence-corrected chi connectivity index (χ4v) is 3.11. The number of carboxylic acids is 3. The Morgan fingerprint density at radius 2 is 1.57 bits per heavy atom. The van der Waals surface area contributed by atoms with Gasteiger partial charge in [0.05, 0.1) is 0 Å². The number of carbonyl (C=O) groups excluding carboxylic acids is 3. The number of rotatable bonds is 15. The molecule has 2 unspecified atom stereocenters. The number of hydrogen-bond donors (Lipinski definition) is 6. The van der Waals surface area contributed by atoms with E-state index in [1.807, 2.05) is 0 Å². The zero-order valence-corrected chi connectivity index (χ0v) is 20.4. The molecular weight excluding hydrogens is 495 g/mol. The second-order valence-electron chi connectivity index (χ2n) is 8.17. The first kappa shape index (κ1) is 30.8. The molecular formula is C23H31FN4O9. The lowest BCUT2D eigenvalue weighted by molar-refractivity contribution is -0.142. The minimum atomic E-state index is -1.68. The summed E-state index contributed by atoms with van der Waals surface area (Å²) in [4.78, 5) is 70.3. The van der Waals surface area contributed by atoms with E-state index in [1.54, 1.807) is 0 Å². The Kier molecular flexibility index (Phi) is 12.5. The van der Waals surface area contributed by atoms with Crippen molar-refractivity contribution < 1.29 is 48.5 Å². The molecule has 6 N–H and O–H groups in total. The third-order valence-electron chi connectivity index (χ3n) is 5.28. The molecule has 1 aromatic rings. The fraction of sp³-hybridized carbons (Fsp3) is 0.478. The highest BCUT2D eigenvalue weighted by Crippen LogP contribution is 2.12. The highest BCUT2D eigenvalue weighted by Gasteiger charge is 2.29. The third kappa shape index (κ3) is 10.9. The van der Waals surface area contributed by atoms with Gasteiger partial charge >= 0.3 is 23.9 Å². The van der Waals surface area contributed by atoms with Crippen LogP contribution >= 0.6 is 0 Å². The van der Waals surface area contributed by atoms with Crippen molar-refractivity contribution in [1.29, 1.82) is 0 Å². The van der Waals surface area contributed by atoms with Gasteiger partial charge in [-0.3, -0.25) is 14.4 Å². The molecule has 0 heterocycles. The van der Waals surface area contributed by atoms with Crippen LogP contribution < -0.4 is 16.0 Å². The molecule has 14 heteroatoms. The van der Waals surface area contributed by atoms with Gasteiger partial charge < -0.3 is 36.2 Å². The molecule has 204 valence electrons. The lowest BCUT2D eigenvalue weighted by Gasteiger charge is -2.26. The van der Waals surface area contributed by atoms with Crippen LogP contribution in [0.5, 0.6) is 0 Å². The summed E-state index contributed by atoms with van der Waals surface area (Å²) in [5.41, 5.74) is 0.623. The van der Waals surface area contributed by atoms with Crippen LogP contribution in [-0.4, -0.2) is 87.8 Å². The molecule has 0 aliphatic carbocycles. The van der Waals surface area contributed by atoms with Gasteiger partial charge in [0.2, 0.25) is 0 Å². The summed E-state index contributed by atoms with van der Waals surface area (Å²) in [5.74, 6) is -5.21. The smallest absolute Gasteiger partial charge is 0.326 e. The summed E-state index contributed by atoms with van der Waals surface area (Å²) < 4.78 is 12.9. The second kappa shape index (κ2) is 15.0. The molecule has 0 saturated carbocycles. The number of hydrogen-bond acceptors (Lipinski definition) is 6. The van der Waals surface area contributed by atoms with Crippen LogP contribution in [-0.2, 0) is 19.2 Å². The average Bonchev–Trinajstić information content (AvgIpc) is 2.82. The Morgan fingerprint density at radius 3 is 2.08 bits per heavy atom. The van der Waals surface area contributed by atoms with Crippen LogP contribution in [0.2, 0.25) is 0 Å². The normalized spacial score (nSPS) is 12.9. The van der Waals surface area contributed by atoms with Crippen molar-refractivity contribution in [2.24, 2.45) is 0 Å². The number of halogens is 1. The van der Waals surface area contributed by atoms with Gasteiger partial charge in [-0.15, -0.1) is 0 Å². The molecule has 0 aromatic heterocycles. The SMILES string of the molecule is CC(F)C(=O)Nc1ccc(C(=O)NCCCCC(C(=O)O)N(C)C(=O)N[C@@H](CCC(=O)O)C(=O)O)cc1. The van der Waals surface area contributed by atoms with Crippen LogP contribution in [0.4, 0.5) is 14.9 Å². The van der Waals surface area contributed by atoms with E-state index in [4.69, 9.17) is 10.2 Å². The van der Waals surface area contributed by atoms with E-state index < -0.39 is 60.4 Å². The maximum atomic E-state index is 12.9. The van der Waals surface area contributed by atoms with Gasteiger partial charge in [0.15, 0.2) is 6.17 Å². The quantitative estimate of drug-likeness (QED) is 0.182. The maximum Gasteiger partial charge on any atom is 0.326 e. The summed E-state index contributed by atoms with van der Waals surface area (Å²) in [6.45, 7) is 1.30. The Labute approximate surface area is 212 Å². The number of nitrogens with one attached hydrogen (secondary N) is 3. The van der Waals surface area contributed by atoms with Gasteiger partial charge in [-0.25, -0.2) is 18.8 Å². The van der Waals surface area contributed by atoms with E-state index in [0.29, 0.717) is 24.1 Å². The van der Waals surface area contributed by atoms with Crippen LogP contribution in [0, 0.1) is 0 Å². The Morgan fingerprint density at radius 1 is 0.946 bits per heavy atom. The number of aliphatic carboxylic acids is 3. The molecule has 0 aliphatic heterocycles. The molecule has 1 rings (SSSR count). The van der Waals surface area contributed by atoms with Crippen molar-refractivity contribution in [3.05, 3.63) is 29.8 Å². The van der Waals surface area contributed by atoms with Gasteiger partial charge in [0, 0.05) is 31.3 Å². The lowest BCUT2D eigenvalue weighted by Crippen LogP contribution is -2.52. The van der Waals surface area contributed by atoms with Crippen molar-refractivity contribution in [2.75, 3.05) is 18.9 Å². The zero-order chi connectivity index (χ0) is 28.1. The van der Waals surface area contributed by atoms with Gasteiger partial charge in [0.1, 0.15) is 12.1 Å². The molecule has 37 heavy (non-hydrogen) atoms. The number of nitrogens with zero attached hydrogens (tertiary/aromatic N) is 1. The van der Waals surface area contributed by atoms with E-state index in [1.165, 1.54) is 31.3 Å². The molecule has 3 atom stereocenters. The number of urea groups is 1. The minimum Gasteiger partial charge on any atom is -0.481 e. The largest absolute Gasteiger partial charge is 0.481 e. The number of likely N-dealkylation sites (N-methyl/N-ethyl adjacent to an activating group) is 1. The zero-order valence-electron chi connectivity index (χ0n) is 20.4. The maximum absolute atomic E-state index is 12.9. The van der Waals surface area contributed by atoms with Crippen molar-refractivity contribution in [3.8, 4) is 0 Å². The Balaban J connectivity index is 2.52. The molecule has 0 fully saturated rings. The Bertz CT molecular complexity index is 985. The van der Waals surface area contributed by atoms with E-state index in [0.717, 1.165) is 11.8 Å². The van der Waals surface area contributed by atoms with Gasteiger partial charge in [-0.05, 0) is 56.9 Å². The Hall–Kier alpha value is -4.23. The summed E-state index contributed by atoms with van der Waals surface area (Å²) in [6.07, 6.45) is -1.83. The van der Waals surface area contributed by atoms with E-state index in [9.17, 15) is 38.3 Å². The number of unbranched alkanes of at least 4 members (excludes halogenated alkanes) is 1. The average molecular weight is 527 g/mol. The van der Waals surface area contributed by atoms with Gasteiger partial charge in [0.25, 0.3) is 11.8 Å². The van der Waals surface area contributed by atoms with Crippen LogP contribution in [0.15, 0.2) is 24.3 Å². The molecule has 0 bridgehead atoms. The predicted octanol–water partition coefficient (Wildman–Crippen LogP) is 1.30. The molecule has 13 nitrogen and oxygen atoms in total. The standard InChI is InChI=1S/C23H31FN4O9/c1-13(24)19(31)26-15-8-6-14(7-9-15)20(32)25-12-4-3-5-17(22(35)36)28(2)23(37)27-16(21(33)34)10-11-18(29)30/h6-9,13,16-17H,3-5,10-12H2,1-2H3,(H,25,32)(H,26,31)(H,27,37)(H,29,30)(H,33,34)(H,35,36)/t13?,16-,17?/m0/s1. The van der Waals surface area contributed by atoms with Crippen LogP contribution in [0.25, 0.3) is 0 Å². The predicted molar refractivity (Wildman–Crippen MR) is 128 cm³/mol. The molecule has 0 radical (unpaired) electrons. The number of carbonyl (C=O) groups is 6. The number of carboxylic acid groups (broad SMARTS) is 3. The molecule has 0 saturated heterocycles. The lowest BCUT2D eigenvalue weighted by atomic mass is 10.1. The number of benzene rings is 1. The summed E-state index contributed by atoms with van der Waals surface area (Å²) in [6, 6.07) is 2.05. The molecule has 1 aromatic carbocycles. The highest BCUT2D eigenvalue weighted by atomic mass is 19.1. The molecule has 0 aliphatic rings. The van der Waals surface area contributed by atoms with Crippen LogP contribution in [0.3, 0.4) is 0 Å². The van der Waals surface area contributed by atoms with Crippen molar-refractivity contribution in [2.45, 2.75) is 57.3 Å². The number of anilines is 1. The molecule has 4 amide bonds. The van der Waals surface area contributed by atoms with Crippen molar-refractivity contribution >= 4 is 41.4 Å². The van der Waals surface area contributed by atoms with Gasteiger partial charge in [-0.2, -0.15) is 0 Å². The van der Waals surface area contributed by atoms with Crippen molar-refractivity contribution in [3.63, 3.8) is 0 Å². The topological polar surface area (TPSA) is 202 Å². The summed E-state index contributed by atoms with van der Waals surface area (Å²) in [5, 5.41) is 34.5. The first-order valence-corrected chi connectivity index (χ1v) is 11.4. The van der Waals surface area contributed by atoms with E-state index >= 15 is 0 Å². The first-order chi connectivity index (χ1) is 17.3. The number of amides is 4. The van der Waals surface area contributed by atoms with Crippen LogP contribution in [0.1, 0.15) is 49.4 Å². The summed E-state index contributed by atoms with van der Waals surface area (Å²) in [7, 11) is 1.19. The van der Waals surface area contributed by atoms with E-state index in [-0.39, 0.29) is 19.4 Å². The number of alkyl halides is 1.